The summed E-state index contributed by atoms with van der Waals surface area (Å²) in [5.74, 6) is 0.529. The van der Waals surface area contributed by atoms with Crippen LogP contribution in [0.25, 0.3) is 11.1 Å². The molecule has 1 aromatic carbocycles. The van der Waals surface area contributed by atoms with Crippen molar-refractivity contribution in [2.24, 2.45) is 7.05 Å². The van der Waals surface area contributed by atoms with E-state index in [-0.39, 0.29) is 0 Å². The Hall–Kier alpha value is -1.45. The van der Waals surface area contributed by atoms with Gasteiger partial charge in [0.25, 0.3) is 0 Å². The smallest absolute Gasteiger partial charge is 0.241 e. The van der Waals surface area contributed by atoms with E-state index in [0.717, 1.165) is 11.1 Å². The van der Waals surface area contributed by atoms with Crippen LogP contribution < -0.4 is 4.74 Å². The Morgan fingerprint density at radius 2 is 2.17 bits per heavy atom. The molecule has 0 saturated carbocycles. The number of rotatable bonds is 4. The van der Waals surface area contributed by atoms with E-state index in [1.165, 1.54) is 0 Å². The summed E-state index contributed by atoms with van der Waals surface area (Å²) in [5.41, 5.74) is 1.68. The molecule has 2 rings (SSSR count). The van der Waals surface area contributed by atoms with Gasteiger partial charge in [0.15, 0.2) is 0 Å². The summed E-state index contributed by atoms with van der Waals surface area (Å²) in [6.45, 7) is 4.01. The van der Waals surface area contributed by atoms with E-state index < -0.39 is 0 Å². The van der Waals surface area contributed by atoms with Crippen LogP contribution in [0.2, 0.25) is 10.0 Å². The van der Waals surface area contributed by atoms with Crippen LogP contribution in [0, 0.1) is 0 Å². The molecule has 1 heterocycles. The van der Waals surface area contributed by atoms with Gasteiger partial charge >= 0.3 is 0 Å². The fourth-order valence-electron chi connectivity index (χ4n) is 1.61. The lowest BCUT2D eigenvalue weighted by Gasteiger charge is -2.05. The van der Waals surface area contributed by atoms with Gasteiger partial charge in [-0.2, -0.15) is 0 Å². The number of nitrogens with zero attached hydrogens (tertiary/aromatic N) is 2. The van der Waals surface area contributed by atoms with Gasteiger partial charge in [-0.1, -0.05) is 41.9 Å². The minimum Gasteiger partial charge on any atom is -0.472 e. The van der Waals surface area contributed by atoms with Crippen molar-refractivity contribution in [3.8, 4) is 17.0 Å². The van der Waals surface area contributed by atoms with E-state index in [4.69, 9.17) is 27.9 Å². The lowest BCUT2D eigenvalue weighted by Crippen LogP contribution is -1.96. The predicted octanol–water partition coefficient (Wildman–Crippen LogP) is 3.96. The zero-order valence-corrected chi connectivity index (χ0v) is 11.4. The first-order valence-electron chi connectivity index (χ1n) is 5.34. The Morgan fingerprint density at radius 3 is 2.83 bits per heavy atom. The summed E-state index contributed by atoms with van der Waals surface area (Å²) in [4.78, 5) is 0. The van der Waals surface area contributed by atoms with Gasteiger partial charge in [0.2, 0.25) is 5.88 Å². The van der Waals surface area contributed by atoms with Crippen molar-refractivity contribution in [1.29, 1.82) is 0 Å². The average molecular weight is 283 g/mol. The zero-order chi connectivity index (χ0) is 13.1. The summed E-state index contributed by atoms with van der Waals surface area (Å²) in [6, 6.07) is 5.33. The monoisotopic (exact) mass is 282 g/mol. The fourth-order valence-corrected chi connectivity index (χ4v) is 2.12. The molecule has 0 fully saturated rings. The number of aromatic nitrogens is 2. The lowest BCUT2D eigenvalue weighted by molar-refractivity contribution is 0.345. The Bertz CT molecular complexity index is 578. The van der Waals surface area contributed by atoms with Gasteiger partial charge in [0.1, 0.15) is 6.61 Å². The molecule has 2 aromatic rings. The van der Waals surface area contributed by atoms with E-state index >= 15 is 0 Å². The minimum absolute atomic E-state index is 0.398. The largest absolute Gasteiger partial charge is 0.472 e. The molecule has 0 atom stereocenters. The molecule has 94 valence electrons. The lowest BCUT2D eigenvalue weighted by atomic mass is 10.1. The second kappa shape index (κ2) is 5.46. The maximum Gasteiger partial charge on any atom is 0.241 e. The predicted molar refractivity (Wildman–Crippen MR) is 74.4 cm³/mol. The molecular formula is C13H12Cl2N2O. The molecule has 0 saturated heterocycles. The van der Waals surface area contributed by atoms with Gasteiger partial charge in [0, 0.05) is 23.8 Å². The second-order valence-electron chi connectivity index (χ2n) is 3.75. The van der Waals surface area contributed by atoms with Crippen molar-refractivity contribution >= 4 is 23.2 Å². The summed E-state index contributed by atoms with van der Waals surface area (Å²) in [5, 5.41) is 5.41. The Balaban J connectivity index is 2.45. The first-order chi connectivity index (χ1) is 8.61. The molecule has 0 aliphatic carbocycles. The molecule has 0 N–H and O–H groups in total. The molecule has 1 aromatic heterocycles. The van der Waals surface area contributed by atoms with E-state index in [9.17, 15) is 0 Å². The summed E-state index contributed by atoms with van der Waals surface area (Å²) >= 11 is 12.1. The average Bonchev–Trinajstić information content (AvgIpc) is 2.67. The standard InChI is InChI=1S/C13H12Cl2N2O/c1-3-6-18-13-11(8-17(2)16-13)10-5-4-9(14)7-12(10)15/h3-5,7-8H,1,6H2,2H3. The molecule has 18 heavy (non-hydrogen) atoms. The molecule has 0 aliphatic heterocycles. The second-order valence-corrected chi connectivity index (χ2v) is 4.59. The molecular weight excluding hydrogens is 271 g/mol. The van der Waals surface area contributed by atoms with Crippen LogP contribution in [0.5, 0.6) is 5.88 Å². The van der Waals surface area contributed by atoms with Crippen molar-refractivity contribution in [3.63, 3.8) is 0 Å². The number of benzene rings is 1. The van der Waals surface area contributed by atoms with Gasteiger partial charge in [-0.25, -0.2) is 0 Å². The van der Waals surface area contributed by atoms with E-state index in [1.807, 2.05) is 19.3 Å². The quantitative estimate of drug-likeness (QED) is 0.794. The first-order valence-corrected chi connectivity index (χ1v) is 6.10. The zero-order valence-electron chi connectivity index (χ0n) is 9.86. The molecule has 0 spiro atoms. The third-order valence-corrected chi connectivity index (χ3v) is 2.90. The van der Waals surface area contributed by atoms with Crippen molar-refractivity contribution in [3.05, 3.63) is 47.1 Å². The Labute approximate surface area is 116 Å². The number of hydrogen-bond acceptors (Lipinski definition) is 2. The van der Waals surface area contributed by atoms with E-state index in [0.29, 0.717) is 22.5 Å². The van der Waals surface area contributed by atoms with Gasteiger partial charge in [-0.05, 0) is 12.1 Å². The topological polar surface area (TPSA) is 27.1 Å². The van der Waals surface area contributed by atoms with Crippen LogP contribution in [0.15, 0.2) is 37.1 Å². The number of hydrogen-bond donors (Lipinski definition) is 0. The SMILES string of the molecule is C=CCOc1nn(C)cc1-c1ccc(Cl)cc1Cl. The highest BCUT2D eigenvalue weighted by molar-refractivity contribution is 6.36. The third kappa shape index (κ3) is 2.68. The van der Waals surface area contributed by atoms with Crippen LogP contribution >= 0.6 is 23.2 Å². The highest BCUT2D eigenvalue weighted by Crippen LogP contribution is 2.35. The summed E-state index contributed by atoms with van der Waals surface area (Å²) in [7, 11) is 1.83. The summed E-state index contributed by atoms with van der Waals surface area (Å²) in [6.07, 6.45) is 3.52. The van der Waals surface area contributed by atoms with Crippen molar-refractivity contribution < 1.29 is 4.74 Å². The van der Waals surface area contributed by atoms with Crippen molar-refractivity contribution in [2.75, 3.05) is 6.61 Å². The number of ether oxygens (including phenoxy) is 1. The van der Waals surface area contributed by atoms with Gasteiger partial charge in [-0.15, -0.1) is 5.10 Å². The Morgan fingerprint density at radius 1 is 1.39 bits per heavy atom. The molecule has 3 nitrogen and oxygen atoms in total. The highest BCUT2D eigenvalue weighted by atomic mass is 35.5. The van der Waals surface area contributed by atoms with Gasteiger partial charge in [0.05, 0.1) is 10.6 Å². The molecule has 0 radical (unpaired) electrons. The van der Waals surface area contributed by atoms with Crippen LogP contribution in [-0.4, -0.2) is 16.4 Å². The van der Waals surface area contributed by atoms with Crippen molar-refractivity contribution in [1.82, 2.24) is 9.78 Å². The molecule has 5 heteroatoms. The van der Waals surface area contributed by atoms with Gasteiger partial charge < -0.3 is 4.74 Å². The highest BCUT2D eigenvalue weighted by Gasteiger charge is 2.14. The molecule has 0 unspecified atom stereocenters. The first kappa shape index (κ1) is 13.0. The normalized spacial score (nSPS) is 10.4. The molecule has 0 amide bonds. The number of halogens is 2. The molecule has 0 aliphatic rings. The maximum atomic E-state index is 6.18. The Kier molecular flexibility index (Phi) is 3.94. The van der Waals surface area contributed by atoms with Crippen LogP contribution in [0.3, 0.4) is 0 Å². The van der Waals surface area contributed by atoms with E-state index in [2.05, 4.69) is 11.7 Å². The molecule has 0 bridgehead atoms. The van der Waals surface area contributed by atoms with E-state index in [1.54, 1.807) is 22.9 Å². The van der Waals surface area contributed by atoms with Crippen LogP contribution in [-0.2, 0) is 7.05 Å². The van der Waals surface area contributed by atoms with Crippen LogP contribution in [0.1, 0.15) is 0 Å². The fraction of sp³-hybridized carbons (Fsp3) is 0.154. The minimum atomic E-state index is 0.398. The number of aryl methyl sites for hydroxylation is 1. The maximum absolute atomic E-state index is 6.18. The summed E-state index contributed by atoms with van der Waals surface area (Å²) < 4.78 is 7.18. The van der Waals surface area contributed by atoms with Gasteiger partial charge in [-0.3, -0.25) is 4.68 Å². The van der Waals surface area contributed by atoms with Crippen molar-refractivity contribution in [2.45, 2.75) is 0 Å². The van der Waals surface area contributed by atoms with Crippen LogP contribution in [0.4, 0.5) is 0 Å². The third-order valence-electron chi connectivity index (χ3n) is 2.35.